The van der Waals surface area contributed by atoms with Crippen molar-refractivity contribution in [2.75, 3.05) is 0 Å². The highest BCUT2D eigenvalue weighted by Crippen LogP contribution is 2.27. The third-order valence-electron chi connectivity index (χ3n) is 3.71. The summed E-state index contributed by atoms with van der Waals surface area (Å²) in [7, 11) is 0. The molecule has 1 heterocycles. The minimum absolute atomic E-state index is 0.0939. The van der Waals surface area contributed by atoms with Crippen molar-refractivity contribution < 1.29 is 9.90 Å². The number of carbonyl (C=O) groups excluding carboxylic acids is 1. The van der Waals surface area contributed by atoms with E-state index in [1.165, 1.54) is 0 Å². The highest BCUT2D eigenvalue weighted by atomic mass is 79.9. The van der Waals surface area contributed by atoms with Crippen LogP contribution in [0.3, 0.4) is 0 Å². The number of benzene rings is 2. The zero-order valence-corrected chi connectivity index (χ0v) is 14.0. The van der Waals surface area contributed by atoms with Gasteiger partial charge in [0.1, 0.15) is 5.52 Å². The summed E-state index contributed by atoms with van der Waals surface area (Å²) in [5.74, 6) is -0.422. The van der Waals surface area contributed by atoms with Crippen molar-refractivity contribution >= 4 is 32.7 Å². The lowest BCUT2D eigenvalue weighted by Gasteiger charge is -2.15. The monoisotopic (exact) mass is 370 g/mol. The van der Waals surface area contributed by atoms with Gasteiger partial charge in [0.15, 0.2) is 5.75 Å². The lowest BCUT2D eigenvalue weighted by atomic mass is 10.1. The Balaban J connectivity index is 1.86. The van der Waals surface area contributed by atoms with Crippen molar-refractivity contribution in [1.82, 2.24) is 10.3 Å². The van der Waals surface area contributed by atoms with Crippen LogP contribution in [0.25, 0.3) is 10.9 Å². The zero-order valence-electron chi connectivity index (χ0n) is 12.5. The zero-order chi connectivity index (χ0) is 16.4. The molecule has 5 heteroatoms. The second-order valence-electron chi connectivity index (χ2n) is 5.28. The molecular weight excluding hydrogens is 356 g/mol. The number of amides is 1. The van der Waals surface area contributed by atoms with Gasteiger partial charge in [0, 0.05) is 16.1 Å². The van der Waals surface area contributed by atoms with E-state index in [9.17, 15) is 9.90 Å². The van der Waals surface area contributed by atoms with Gasteiger partial charge in [-0.2, -0.15) is 0 Å². The van der Waals surface area contributed by atoms with Crippen molar-refractivity contribution in [2.24, 2.45) is 0 Å². The van der Waals surface area contributed by atoms with E-state index in [2.05, 4.69) is 26.2 Å². The fourth-order valence-corrected chi connectivity index (χ4v) is 2.69. The number of rotatable bonds is 3. The van der Waals surface area contributed by atoms with E-state index in [-0.39, 0.29) is 23.3 Å². The maximum Gasteiger partial charge on any atom is 0.255 e. The second kappa shape index (κ2) is 6.38. The third kappa shape index (κ3) is 3.19. The smallest absolute Gasteiger partial charge is 0.255 e. The number of phenols is 1. The maximum atomic E-state index is 12.5. The molecule has 116 valence electrons. The van der Waals surface area contributed by atoms with Crippen molar-refractivity contribution in [3.63, 3.8) is 0 Å². The first-order valence-electron chi connectivity index (χ1n) is 7.19. The molecule has 3 rings (SSSR count). The number of phenolic OH excluding ortho intramolecular Hbond substituents is 1. The van der Waals surface area contributed by atoms with Gasteiger partial charge in [-0.3, -0.25) is 9.78 Å². The number of hydrogen-bond donors (Lipinski definition) is 2. The number of halogens is 1. The van der Waals surface area contributed by atoms with E-state index in [0.717, 1.165) is 15.4 Å². The average molecular weight is 371 g/mol. The molecule has 1 aromatic heterocycles. The third-order valence-corrected chi connectivity index (χ3v) is 4.24. The summed E-state index contributed by atoms with van der Waals surface area (Å²) >= 11 is 3.39. The first kappa shape index (κ1) is 15.5. The van der Waals surface area contributed by atoms with Crippen LogP contribution in [-0.2, 0) is 0 Å². The summed E-state index contributed by atoms with van der Waals surface area (Å²) in [4.78, 5) is 16.6. The lowest BCUT2D eigenvalue weighted by molar-refractivity contribution is 0.0937. The quantitative estimate of drug-likeness (QED) is 0.726. The molecule has 0 aliphatic carbocycles. The summed E-state index contributed by atoms with van der Waals surface area (Å²) in [5.41, 5.74) is 1.64. The van der Waals surface area contributed by atoms with Crippen molar-refractivity contribution in [1.29, 1.82) is 0 Å². The Labute approximate surface area is 142 Å². The van der Waals surface area contributed by atoms with E-state index >= 15 is 0 Å². The first-order valence-corrected chi connectivity index (χ1v) is 7.98. The molecule has 1 unspecified atom stereocenters. The van der Waals surface area contributed by atoms with E-state index in [1.807, 2.05) is 37.3 Å². The summed E-state index contributed by atoms with van der Waals surface area (Å²) < 4.78 is 0.984. The minimum Gasteiger partial charge on any atom is -0.505 e. The molecule has 2 N–H and O–H groups in total. The summed E-state index contributed by atoms with van der Waals surface area (Å²) in [6.07, 6.45) is 1.59. The Morgan fingerprint density at radius 3 is 2.65 bits per heavy atom. The summed E-state index contributed by atoms with van der Waals surface area (Å²) in [6.45, 7) is 1.90. The van der Waals surface area contributed by atoms with Crippen LogP contribution in [0.1, 0.15) is 28.9 Å². The van der Waals surface area contributed by atoms with Gasteiger partial charge < -0.3 is 10.4 Å². The summed E-state index contributed by atoms with van der Waals surface area (Å²) in [5, 5.41) is 14.0. The fraction of sp³-hybridized carbons (Fsp3) is 0.111. The van der Waals surface area contributed by atoms with Crippen LogP contribution >= 0.6 is 15.9 Å². The fourth-order valence-electron chi connectivity index (χ4n) is 2.42. The van der Waals surface area contributed by atoms with E-state index in [1.54, 1.807) is 24.4 Å². The lowest BCUT2D eigenvalue weighted by Crippen LogP contribution is -2.26. The molecule has 1 amide bonds. The van der Waals surface area contributed by atoms with Crippen molar-refractivity contribution in [2.45, 2.75) is 13.0 Å². The SMILES string of the molecule is CC(NC(=O)c1ccc2cccnc2c1O)c1ccc(Br)cc1. The van der Waals surface area contributed by atoms with Gasteiger partial charge in [-0.05, 0) is 36.8 Å². The Bertz CT molecular complexity index is 863. The van der Waals surface area contributed by atoms with Crippen LogP contribution in [0.2, 0.25) is 0 Å². The number of carbonyl (C=O) groups is 1. The highest BCUT2D eigenvalue weighted by molar-refractivity contribution is 9.10. The standard InChI is InChI=1S/C18H15BrN2O2/c1-11(12-4-7-14(19)8-5-12)21-18(23)15-9-6-13-3-2-10-20-16(13)17(15)22/h2-11,22H,1H3,(H,21,23). The van der Waals surface area contributed by atoms with Gasteiger partial charge in [0.2, 0.25) is 0 Å². The number of nitrogens with one attached hydrogen (secondary N) is 1. The van der Waals surface area contributed by atoms with Gasteiger partial charge in [-0.1, -0.05) is 40.2 Å². The topological polar surface area (TPSA) is 62.2 Å². The van der Waals surface area contributed by atoms with Crippen molar-refractivity contribution in [3.8, 4) is 5.75 Å². The Kier molecular flexibility index (Phi) is 4.30. The van der Waals surface area contributed by atoms with Gasteiger partial charge in [0.05, 0.1) is 11.6 Å². The summed E-state index contributed by atoms with van der Waals surface area (Å²) in [6, 6.07) is 14.6. The number of aromatic nitrogens is 1. The maximum absolute atomic E-state index is 12.5. The van der Waals surface area contributed by atoms with Crippen LogP contribution in [0.4, 0.5) is 0 Å². The number of aromatic hydroxyl groups is 1. The molecule has 2 aromatic carbocycles. The molecule has 0 bridgehead atoms. The molecule has 1 atom stereocenters. The molecule has 0 aliphatic heterocycles. The van der Waals surface area contributed by atoms with Gasteiger partial charge >= 0.3 is 0 Å². The van der Waals surface area contributed by atoms with Crippen LogP contribution in [0, 0.1) is 0 Å². The predicted molar refractivity (Wildman–Crippen MR) is 93.4 cm³/mol. The molecule has 0 aliphatic rings. The normalized spacial score (nSPS) is 12.1. The Hall–Kier alpha value is -2.40. The van der Waals surface area contributed by atoms with Crippen LogP contribution in [0.5, 0.6) is 5.75 Å². The van der Waals surface area contributed by atoms with E-state index < -0.39 is 0 Å². The van der Waals surface area contributed by atoms with Crippen molar-refractivity contribution in [3.05, 3.63) is 70.3 Å². The molecular formula is C18H15BrN2O2. The van der Waals surface area contributed by atoms with E-state index in [0.29, 0.717) is 5.52 Å². The molecule has 0 radical (unpaired) electrons. The van der Waals surface area contributed by atoms with Crippen LogP contribution in [-0.4, -0.2) is 16.0 Å². The van der Waals surface area contributed by atoms with Crippen LogP contribution < -0.4 is 5.32 Å². The largest absolute Gasteiger partial charge is 0.505 e. The second-order valence-corrected chi connectivity index (χ2v) is 6.20. The first-order chi connectivity index (χ1) is 11.1. The predicted octanol–water partition coefficient (Wildman–Crippen LogP) is 4.19. The number of nitrogens with zero attached hydrogens (tertiary/aromatic N) is 1. The highest BCUT2D eigenvalue weighted by Gasteiger charge is 2.17. The van der Waals surface area contributed by atoms with E-state index in [4.69, 9.17) is 0 Å². The van der Waals surface area contributed by atoms with Gasteiger partial charge in [-0.25, -0.2) is 0 Å². The van der Waals surface area contributed by atoms with Crippen LogP contribution in [0.15, 0.2) is 59.2 Å². The molecule has 0 fully saturated rings. The minimum atomic E-state index is -0.328. The molecule has 4 nitrogen and oxygen atoms in total. The molecule has 3 aromatic rings. The van der Waals surface area contributed by atoms with Gasteiger partial charge in [-0.15, -0.1) is 0 Å². The molecule has 23 heavy (non-hydrogen) atoms. The number of hydrogen-bond acceptors (Lipinski definition) is 3. The number of pyridine rings is 1. The average Bonchev–Trinajstić information content (AvgIpc) is 2.56. The molecule has 0 saturated carbocycles. The molecule has 0 spiro atoms. The Morgan fingerprint density at radius 1 is 1.17 bits per heavy atom. The Morgan fingerprint density at radius 2 is 1.91 bits per heavy atom. The molecule has 0 saturated heterocycles. The number of fused-ring (bicyclic) bond motifs is 1. The van der Waals surface area contributed by atoms with Gasteiger partial charge in [0.25, 0.3) is 5.91 Å².